The maximum absolute atomic E-state index is 12.7. The topological polar surface area (TPSA) is 77.0 Å². The number of anilines is 1. The number of carbonyl (C=O) groups excluding carboxylic acids is 1. The van der Waals surface area contributed by atoms with Gasteiger partial charge in [-0.2, -0.15) is 4.37 Å². The number of rotatable bonds is 4. The van der Waals surface area contributed by atoms with Gasteiger partial charge in [0.2, 0.25) is 11.0 Å². The normalized spacial score (nSPS) is 17.1. The number of aromatic nitrogens is 2. The summed E-state index contributed by atoms with van der Waals surface area (Å²) in [5.74, 6) is 1.81. The van der Waals surface area contributed by atoms with Crippen LogP contribution in [-0.2, 0) is 24.2 Å². The van der Waals surface area contributed by atoms with Crippen LogP contribution in [0.5, 0.6) is 0 Å². The van der Waals surface area contributed by atoms with Gasteiger partial charge in [-0.3, -0.25) is 9.79 Å². The van der Waals surface area contributed by atoms with E-state index in [1.54, 1.807) is 7.05 Å². The average molecular weight is 428 g/mol. The summed E-state index contributed by atoms with van der Waals surface area (Å²) >= 11 is 1.47. The Kier molecular flexibility index (Phi) is 6.47. The van der Waals surface area contributed by atoms with E-state index in [4.69, 9.17) is 0 Å². The maximum Gasteiger partial charge on any atom is 0.242 e. The van der Waals surface area contributed by atoms with E-state index < -0.39 is 0 Å². The summed E-state index contributed by atoms with van der Waals surface area (Å²) in [6.07, 6.45) is 1.79. The molecule has 1 amide bonds. The van der Waals surface area contributed by atoms with Crippen molar-refractivity contribution in [1.29, 1.82) is 0 Å². The van der Waals surface area contributed by atoms with Gasteiger partial charge < -0.3 is 20.0 Å². The van der Waals surface area contributed by atoms with Crippen molar-refractivity contribution >= 4 is 28.5 Å². The third-order valence-electron chi connectivity index (χ3n) is 5.72. The zero-order valence-corrected chi connectivity index (χ0v) is 18.5. The molecule has 2 aromatic rings. The van der Waals surface area contributed by atoms with E-state index in [1.165, 1.54) is 22.7 Å². The number of amides is 1. The highest BCUT2D eigenvalue weighted by molar-refractivity contribution is 7.09. The second kappa shape index (κ2) is 9.42. The molecule has 8 nitrogen and oxygen atoms in total. The highest BCUT2D eigenvalue weighted by Gasteiger charge is 2.24. The minimum absolute atomic E-state index is 0.116. The number of aliphatic imine (C=N–C) groups is 1. The van der Waals surface area contributed by atoms with Crippen LogP contribution in [-0.4, -0.2) is 77.3 Å². The summed E-state index contributed by atoms with van der Waals surface area (Å²) in [6, 6.07) is 8.37. The zero-order chi connectivity index (χ0) is 20.9. The van der Waals surface area contributed by atoms with E-state index in [1.807, 2.05) is 11.0 Å². The fourth-order valence-corrected chi connectivity index (χ4v) is 4.73. The number of aryl methyl sites for hydroxylation is 1. The predicted octanol–water partition coefficient (Wildman–Crippen LogP) is 1.38. The molecule has 0 atom stereocenters. The van der Waals surface area contributed by atoms with E-state index in [2.05, 4.69) is 54.6 Å². The Morgan fingerprint density at radius 2 is 1.90 bits per heavy atom. The molecule has 0 aliphatic carbocycles. The number of guanidine groups is 1. The van der Waals surface area contributed by atoms with E-state index in [-0.39, 0.29) is 12.5 Å². The molecule has 1 aromatic heterocycles. The number of nitrogens with zero attached hydrogens (tertiary/aromatic N) is 6. The Balaban J connectivity index is 1.27. The summed E-state index contributed by atoms with van der Waals surface area (Å²) in [7, 11) is 1.77. The number of hydrogen-bond acceptors (Lipinski definition) is 6. The first-order chi connectivity index (χ1) is 14.7. The highest BCUT2D eigenvalue weighted by Crippen LogP contribution is 2.20. The van der Waals surface area contributed by atoms with Gasteiger partial charge in [0.25, 0.3) is 0 Å². The number of hydrogen-bond donors (Lipinski definition) is 1. The van der Waals surface area contributed by atoms with Gasteiger partial charge in [-0.15, -0.1) is 0 Å². The van der Waals surface area contributed by atoms with Crippen LogP contribution in [0.1, 0.15) is 23.9 Å². The molecule has 30 heavy (non-hydrogen) atoms. The van der Waals surface area contributed by atoms with Gasteiger partial charge in [0.15, 0.2) is 5.96 Å². The fourth-order valence-electron chi connectivity index (χ4n) is 3.93. The molecule has 1 fully saturated rings. The summed E-state index contributed by atoms with van der Waals surface area (Å²) in [5, 5.41) is 4.26. The molecule has 4 rings (SSSR count). The van der Waals surface area contributed by atoms with Crippen LogP contribution < -0.4 is 10.2 Å². The lowest BCUT2D eigenvalue weighted by Crippen LogP contribution is -2.54. The van der Waals surface area contributed by atoms with Crippen molar-refractivity contribution in [3.8, 4) is 0 Å². The lowest BCUT2D eigenvalue weighted by molar-refractivity contribution is -0.130. The van der Waals surface area contributed by atoms with Crippen LogP contribution in [0.3, 0.4) is 0 Å². The highest BCUT2D eigenvalue weighted by atomic mass is 32.1. The van der Waals surface area contributed by atoms with Crippen molar-refractivity contribution in [3.63, 3.8) is 0 Å². The van der Waals surface area contributed by atoms with Crippen molar-refractivity contribution in [1.82, 2.24) is 24.5 Å². The second-order valence-electron chi connectivity index (χ2n) is 7.56. The number of benzene rings is 1. The Morgan fingerprint density at radius 3 is 2.60 bits per heavy atom. The molecule has 2 aliphatic rings. The average Bonchev–Trinajstić information content (AvgIpc) is 3.29. The number of fused-ring (bicyclic) bond motifs is 1. The van der Waals surface area contributed by atoms with Crippen LogP contribution in [0.2, 0.25) is 0 Å². The van der Waals surface area contributed by atoms with Crippen molar-refractivity contribution in [2.24, 2.45) is 4.99 Å². The van der Waals surface area contributed by atoms with E-state index >= 15 is 0 Å². The minimum atomic E-state index is 0.116. The summed E-state index contributed by atoms with van der Waals surface area (Å²) < 4.78 is 4.38. The first-order valence-electron chi connectivity index (χ1n) is 10.6. The van der Waals surface area contributed by atoms with Gasteiger partial charge in [0.05, 0.1) is 6.54 Å². The van der Waals surface area contributed by atoms with Crippen molar-refractivity contribution < 1.29 is 4.79 Å². The fraction of sp³-hybridized carbons (Fsp3) is 0.524. The predicted molar refractivity (Wildman–Crippen MR) is 120 cm³/mol. The van der Waals surface area contributed by atoms with Crippen LogP contribution in [0.15, 0.2) is 29.3 Å². The first-order valence-corrected chi connectivity index (χ1v) is 11.3. The van der Waals surface area contributed by atoms with Gasteiger partial charge in [-0.05, 0) is 17.5 Å². The Morgan fingerprint density at radius 1 is 1.13 bits per heavy atom. The third kappa shape index (κ3) is 4.56. The Bertz CT molecular complexity index is 904. The summed E-state index contributed by atoms with van der Waals surface area (Å²) in [4.78, 5) is 28.1. The van der Waals surface area contributed by atoms with Crippen molar-refractivity contribution in [3.05, 3.63) is 41.2 Å². The van der Waals surface area contributed by atoms with Gasteiger partial charge in [-0.1, -0.05) is 31.2 Å². The molecule has 0 radical (unpaired) electrons. The zero-order valence-electron chi connectivity index (χ0n) is 17.7. The molecule has 0 spiro atoms. The van der Waals surface area contributed by atoms with Crippen LogP contribution in [0.4, 0.5) is 5.13 Å². The lowest BCUT2D eigenvalue weighted by atomic mass is 10.00. The Hall–Kier alpha value is -2.68. The molecule has 160 valence electrons. The van der Waals surface area contributed by atoms with Crippen LogP contribution in [0, 0.1) is 0 Å². The largest absolute Gasteiger partial charge is 0.347 e. The molecule has 3 heterocycles. The molecule has 0 unspecified atom stereocenters. The molecule has 0 bridgehead atoms. The van der Waals surface area contributed by atoms with Gasteiger partial charge >= 0.3 is 0 Å². The quantitative estimate of drug-likeness (QED) is 0.587. The van der Waals surface area contributed by atoms with Gasteiger partial charge in [0.1, 0.15) is 5.82 Å². The molecular weight excluding hydrogens is 398 g/mol. The second-order valence-corrected chi connectivity index (χ2v) is 8.29. The smallest absolute Gasteiger partial charge is 0.242 e. The first kappa shape index (κ1) is 20.6. The standard InChI is InChI=1S/C21H29N7OS/c1-3-18-24-21(30-25-18)27-12-10-26(11-13-27)20(22-2)23-14-19(29)28-9-8-16-6-4-5-7-17(16)15-28/h4-7H,3,8-15H2,1-2H3,(H,22,23). The minimum Gasteiger partial charge on any atom is -0.347 e. The van der Waals surface area contributed by atoms with Crippen LogP contribution in [0.25, 0.3) is 0 Å². The summed E-state index contributed by atoms with van der Waals surface area (Å²) in [5.41, 5.74) is 2.60. The molecule has 1 N–H and O–H groups in total. The number of carbonyl (C=O) groups is 1. The monoisotopic (exact) mass is 427 g/mol. The van der Waals surface area contributed by atoms with Crippen molar-refractivity contribution in [2.45, 2.75) is 26.3 Å². The number of nitrogens with one attached hydrogen (secondary N) is 1. The molecular formula is C21H29N7OS. The van der Waals surface area contributed by atoms with E-state index in [0.717, 1.165) is 62.5 Å². The third-order valence-corrected chi connectivity index (χ3v) is 6.53. The molecule has 2 aliphatic heterocycles. The van der Waals surface area contributed by atoms with Gasteiger partial charge in [-0.25, -0.2) is 4.98 Å². The molecule has 1 saturated heterocycles. The molecule has 1 aromatic carbocycles. The molecule has 9 heteroatoms. The van der Waals surface area contributed by atoms with Crippen molar-refractivity contribution in [2.75, 3.05) is 51.2 Å². The Labute approximate surface area is 181 Å². The SMILES string of the molecule is CCc1nsc(N2CCN(C(=NC)NCC(=O)N3CCc4ccccc4C3)CC2)n1. The molecule has 0 saturated carbocycles. The van der Waals surface area contributed by atoms with Crippen LogP contribution >= 0.6 is 11.5 Å². The lowest BCUT2D eigenvalue weighted by Gasteiger charge is -2.36. The van der Waals surface area contributed by atoms with E-state index in [0.29, 0.717) is 6.54 Å². The maximum atomic E-state index is 12.7. The van der Waals surface area contributed by atoms with Gasteiger partial charge in [0, 0.05) is 64.3 Å². The number of piperazine rings is 1. The van der Waals surface area contributed by atoms with E-state index in [9.17, 15) is 4.79 Å². The summed E-state index contributed by atoms with van der Waals surface area (Å²) in [6.45, 7) is 7.23.